The number of anilines is 1. The predicted octanol–water partition coefficient (Wildman–Crippen LogP) is 4.06. The summed E-state index contributed by atoms with van der Waals surface area (Å²) in [4.78, 5) is 29.9. The third-order valence-corrected chi connectivity index (χ3v) is 5.13. The van der Waals surface area contributed by atoms with E-state index in [-0.39, 0.29) is 17.3 Å². The quantitative estimate of drug-likeness (QED) is 0.513. The van der Waals surface area contributed by atoms with Crippen molar-refractivity contribution >= 4 is 34.3 Å². The molecule has 140 valence electrons. The number of benzene rings is 2. The second-order valence-electron chi connectivity index (χ2n) is 6.12. The highest BCUT2D eigenvalue weighted by atomic mass is 32.2. The highest BCUT2D eigenvalue weighted by Crippen LogP contribution is 2.24. The van der Waals surface area contributed by atoms with E-state index in [1.54, 1.807) is 23.6 Å². The number of hydrogen-bond donors (Lipinski definition) is 1. The summed E-state index contributed by atoms with van der Waals surface area (Å²) in [5.74, 6) is -0.601. The van der Waals surface area contributed by atoms with Crippen LogP contribution in [0, 0.1) is 5.82 Å². The predicted molar refractivity (Wildman–Crippen MR) is 107 cm³/mol. The van der Waals surface area contributed by atoms with E-state index in [2.05, 4.69) is 10.3 Å². The molecule has 1 aromatic heterocycles. The van der Waals surface area contributed by atoms with E-state index in [4.69, 9.17) is 0 Å². The molecule has 5 nitrogen and oxygen atoms in total. The number of nitrogens with one attached hydrogen (secondary N) is 1. The molecule has 1 atom stereocenters. The summed E-state index contributed by atoms with van der Waals surface area (Å²) in [5.41, 5.74) is 1.03. The number of rotatable bonds is 6. The summed E-state index contributed by atoms with van der Waals surface area (Å²) in [7, 11) is 0. The summed E-state index contributed by atoms with van der Waals surface area (Å²) in [6.45, 7) is 4.27. The SMILES string of the molecule is CCCn1c(S[C@H](C)C(=O)Nc2ccc(F)cc2)nc2ccccc2c1=O. The maximum absolute atomic E-state index is 13.0. The van der Waals surface area contributed by atoms with Crippen molar-refractivity contribution in [2.45, 2.75) is 37.2 Å². The van der Waals surface area contributed by atoms with Crippen LogP contribution in [0.3, 0.4) is 0 Å². The molecule has 0 radical (unpaired) electrons. The second-order valence-corrected chi connectivity index (χ2v) is 7.43. The van der Waals surface area contributed by atoms with E-state index in [1.807, 2.05) is 19.1 Å². The number of carbonyl (C=O) groups is 1. The van der Waals surface area contributed by atoms with E-state index in [0.717, 1.165) is 6.42 Å². The fourth-order valence-corrected chi connectivity index (χ4v) is 3.58. The number of thioether (sulfide) groups is 1. The number of para-hydroxylation sites is 1. The van der Waals surface area contributed by atoms with Crippen molar-refractivity contribution in [1.82, 2.24) is 9.55 Å². The maximum atomic E-state index is 13.0. The summed E-state index contributed by atoms with van der Waals surface area (Å²) >= 11 is 1.24. The van der Waals surface area contributed by atoms with Crippen LogP contribution < -0.4 is 10.9 Å². The lowest BCUT2D eigenvalue weighted by molar-refractivity contribution is -0.115. The molecule has 0 aliphatic carbocycles. The Morgan fingerprint density at radius 1 is 1.22 bits per heavy atom. The zero-order chi connectivity index (χ0) is 19.4. The molecule has 0 saturated carbocycles. The van der Waals surface area contributed by atoms with Crippen molar-refractivity contribution < 1.29 is 9.18 Å². The van der Waals surface area contributed by atoms with Gasteiger partial charge in [-0.15, -0.1) is 0 Å². The molecule has 0 bridgehead atoms. The summed E-state index contributed by atoms with van der Waals surface area (Å²) in [5, 5.41) is 3.35. The Bertz CT molecular complexity index is 1020. The third-order valence-electron chi connectivity index (χ3n) is 4.04. The lowest BCUT2D eigenvalue weighted by atomic mass is 10.2. The molecule has 2 aromatic carbocycles. The van der Waals surface area contributed by atoms with Gasteiger partial charge in [0.15, 0.2) is 5.16 Å². The molecule has 0 saturated heterocycles. The Morgan fingerprint density at radius 2 is 1.93 bits per heavy atom. The van der Waals surface area contributed by atoms with E-state index in [1.165, 1.54) is 36.0 Å². The molecule has 0 fully saturated rings. The molecule has 7 heteroatoms. The average molecular weight is 385 g/mol. The molecule has 1 amide bonds. The molecule has 0 spiro atoms. The fourth-order valence-electron chi connectivity index (χ4n) is 2.65. The van der Waals surface area contributed by atoms with Gasteiger partial charge in [-0.3, -0.25) is 14.2 Å². The molecule has 3 rings (SSSR count). The van der Waals surface area contributed by atoms with E-state index < -0.39 is 5.25 Å². The molecule has 3 aromatic rings. The van der Waals surface area contributed by atoms with Crippen LogP contribution in [-0.4, -0.2) is 20.7 Å². The highest BCUT2D eigenvalue weighted by Gasteiger charge is 2.19. The largest absolute Gasteiger partial charge is 0.325 e. The minimum Gasteiger partial charge on any atom is -0.325 e. The molecule has 1 heterocycles. The van der Waals surface area contributed by atoms with Gasteiger partial charge in [0.2, 0.25) is 5.91 Å². The van der Waals surface area contributed by atoms with Gasteiger partial charge in [0, 0.05) is 12.2 Å². The molecule has 0 aliphatic heterocycles. The van der Waals surface area contributed by atoms with E-state index in [0.29, 0.717) is 28.3 Å². The average Bonchev–Trinajstić information content (AvgIpc) is 2.66. The van der Waals surface area contributed by atoms with Crippen molar-refractivity contribution in [2.24, 2.45) is 0 Å². The topological polar surface area (TPSA) is 64.0 Å². The van der Waals surface area contributed by atoms with Gasteiger partial charge in [0.25, 0.3) is 5.56 Å². The number of carbonyl (C=O) groups excluding carboxylic acids is 1. The first-order chi connectivity index (χ1) is 13.0. The normalized spacial score (nSPS) is 12.1. The van der Waals surface area contributed by atoms with Gasteiger partial charge < -0.3 is 5.32 Å². The van der Waals surface area contributed by atoms with E-state index >= 15 is 0 Å². The first-order valence-electron chi connectivity index (χ1n) is 8.72. The number of aromatic nitrogens is 2. The number of hydrogen-bond acceptors (Lipinski definition) is 4. The minimum absolute atomic E-state index is 0.101. The van der Waals surface area contributed by atoms with E-state index in [9.17, 15) is 14.0 Å². The number of fused-ring (bicyclic) bond motifs is 1. The Hall–Kier alpha value is -2.67. The Morgan fingerprint density at radius 3 is 2.63 bits per heavy atom. The Labute approximate surface area is 160 Å². The van der Waals surface area contributed by atoms with Crippen LogP contribution in [0.4, 0.5) is 10.1 Å². The fraction of sp³-hybridized carbons (Fsp3) is 0.250. The Balaban J connectivity index is 1.85. The lowest BCUT2D eigenvalue weighted by Crippen LogP contribution is -2.27. The van der Waals surface area contributed by atoms with Gasteiger partial charge in [-0.05, 0) is 49.7 Å². The second kappa shape index (κ2) is 8.35. The molecule has 1 N–H and O–H groups in total. The summed E-state index contributed by atoms with van der Waals surface area (Å²) in [6, 6.07) is 12.8. The lowest BCUT2D eigenvalue weighted by Gasteiger charge is -2.16. The van der Waals surface area contributed by atoms with Crippen LogP contribution >= 0.6 is 11.8 Å². The van der Waals surface area contributed by atoms with Crippen LogP contribution in [0.5, 0.6) is 0 Å². The molecular weight excluding hydrogens is 365 g/mol. The zero-order valence-corrected chi connectivity index (χ0v) is 15.9. The molecule has 0 unspecified atom stereocenters. The monoisotopic (exact) mass is 385 g/mol. The number of nitrogens with zero attached hydrogens (tertiary/aromatic N) is 2. The zero-order valence-electron chi connectivity index (χ0n) is 15.1. The smallest absolute Gasteiger partial charge is 0.262 e. The van der Waals surface area contributed by atoms with Gasteiger partial charge in [0.1, 0.15) is 5.82 Å². The van der Waals surface area contributed by atoms with Crippen molar-refractivity contribution in [3.63, 3.8) is 0 Å². The number of halogens is 1. The minimum atomic E-state index is -0.480. The van der Waals surface area contributed by atoms with Gasteiger partial charge in [-0.2, -0.15) is 0 Å². The maximum Gasteiger partial charge on any atom is 0.262 e. The molecular formula is C20H20FN3O2S. The van der Waals surface area contributed by atoms with Gasteiger partial charge in [-0.25, -0.2) is 9.37 Å². The molecule has 27 heavy (non-hydrogen) atoms. The Kier molecular flexibility index (Phi) is 5.91. The van der Waals surface area contributed by atoms with Crippen LogP contribution in [0.2, 0.25) is 0 Å². The van der Waals surface area contributed by atoms with Crippen molar-refractivity contribution in [3.8, 4) is 0 Å². The highest BCUT2D eigenvalue weighted by molar-refractivity contribution is 8.00. The van der Waals surface area contributed by atoms with Crippen LogP contribution in [-0.2, 0) is 11.3 Å². The summed E-state index contributed by atoms with van der Waals surface area (Å²) < 4.78 is 14.6. The standard InChI is InChI=1S/C20H20FN3O2S/c1-3-12-24-19(26)16-6-4-5-7-17(16)23-20(24)27-13(2)18(25)22-15-10-8-14(21)9-11-15/h4-11,13H,3,12H2,1-2H3,(H,22,25)/t13-/m1/s1. The van der Waals surface area contributed by atoms with Crippen molar-refractivity contribution in [2.75, 3.05) is 5.32 Å². The van der Waals surface area contributed by atoms with Gasteiger partial charge >= 0.3 is 0 Å². The first kappa shape index (κ1) is 19.1. The van der Waals surface area contributed by atoms with Crippen molar-refractivity contribution in [1.29, 1.82) is 0 Å². The van der Waals surface area contributed by atoms with Crippen LogP contribution in [0.1, 0.15) is 20.3 Å². The van der Waals surface area contributed by atoms with Gasteiger partial charge in [-0.1, -0.05) is 30.8 Å². The molecule has 0 aliphatic rings. The third kappa shape index (κ3) is 4.36. The van der Waals surface area contributed by atoms with Crippen molar-refractivity contribution in [3.05, 3.63) is 64.7 Å². The number of amides is 1. The van der Waals surface area contributed by atoms with Crippen LogP contribution in [0.25, 0.3) is 10.9 Å². The first-order valence-corrected chi connectivity index (χ1v) is 9.60. The van der Waals surface area contributed by atoms with Gasteiger partial charge in [0.05, 0.1) is 16.2 Å². The summed E-state index contributed by atoms with van der Waals surface area (Å²) in [6.07, 6.45) is 0.781. The van der Waals surface area contributed by atoms with Crippen LogP contribution in [0.15, 0.2) is 58.5 Å².